The lowest BCUT2D eigenvalue weighted by molar-refractivity contribution is -0.145. The van der Waals surface area contributed by atoms with Gasteiger partial charge in [-0.15, -0.1) is 0 Å². The SMILES string of the molecule is CCCN(CC(=O)N1CC(C)OC(C)C1)C1CCNCC1. The third-order valence-electron chi connectivity index (χ3n) is 4.45. The molecule has 0 aromatic rings. The van der Waals surface area contributed by atoms with E-state index in [1.807, 2.05) is 18.7 Å². The van der Waals surface area contributed by atoms with Crippen LogP contribution >= 0.6 is 0 Å². The van der Waals surface area contributed by atoms with Crippen LogP contribution in [0.4, 0.5) is 0 Å². The Morgan fingerprint density at radius 3 is 2.43 bits per heavy atom. The first kappa shape index (κ1) is 16.7. The molecule has 2 saturated heterocycles. The van der Waals surface area contributed by atoms with E-state index in [-0.39, 0.29) is 18.1 Å². The molecule has 0 bridgehead atoms. The topological polar surface area (TPSA) is 44.8 Å². The van der Waals surface area contributed by atoms with E-state index in [0.29, 0.717) is 12.6 Å². The Morgan fingerprint density at radius 1 is 1.24 bits per heavy atom. The molecule has 2 aliphatic heterocycles. The van der Waals surface area contributed by atoms with Crippen molar-refractivity contribution >= 4 is 5.91 Å². The molecule has 5 nitrogen and oxygen atoms in total. The van der Waals surface area contributed by atoms with Gasteiger partial charge in [-0.1, -0.05) is 6.92 Å². The van der Waals surface area contributed by atoms with E-state index < -0.39 is 0 Å². The highest BCUT2D eigenvalue weighted by atomic mass is 16.5. The van der Waals surface area contributed by atoms with E-state index in [0.717, 1.165) is 52.0 Å². The van der Waals surface area contributed by atoms with Crippen LogP contribution in [0, 0.1) is 0 Å². The standard InChI is InChI=1S/C16H31N3O2/c1-4-9-18(15-5-7-17-8-6-15)12-16(20)19-10-13(2)21-14(3)11-19/h13-15,17H,4-12H2,1-3H3. The van der Waals surface area contributed by atoms with Gasteiger partial charge in [0.25, 0.3) is 0 Å². The highest BCUT2D eigenvalue weighted by Gasteiger charge is 2.29. The van der Waals surface area contributed by atoms with E-state index in [4.69, 9.17) is 4.74 Å². The molecule has 2 unspecified atom stereocenters. The maximum atomic E-state index is 12.6. The van der Waals surface area contributed by atoms with Gasteiger partial charge in [-0.25, -0.2) is 0 Å². The summed E-state index contributed by atoms with van der Waals surface area (Å²) in [5.41, 5.74) is 0. The first-order chi connectivity index (χ1) is 10.1. The number of carbonyl (C=O) groups excluding carboxylic acids is 1. The zero-order valence-corrected chi connectivity index (χ0v) is 13.8. The van der Waals surface area contributed by atoms with Crippen molar-refractivity contribution in [3.8, 4) is 0 Å². The van der Waals surface area contributed by atoms with Crippen LogP contribution < -0.4 is 5.32 Å². The quantitative estimate of drug-likeness (QED) is 0.825. The predicted octanol–water partition coefficient (Wildman–Crippen LogP) is 1.09. The van der Waals surface area contributed by atoms with Crippen molar-refractivity contribution in [2.45, 2.75) is 58.3 Å². The second-order valence-electron chi connectivity index (χ2n) is 6.51. The Hall–Kier alpha value is -0.650. The third kappa shape index (κ3) is 4.94. The fourth-order valence-corrected chi connectivity index (χ4v) is 3.51. The summed E-state index contributed by atoms with van der Waals surface area (Å²) in [6.07, 6.45) is 3.71. The number of hydrogen-bond donors (Lipinski definition) is 1. The molecule has 2 heterocycles. The Kier molecular flexibility index (Phi) is 6.45. The molecule has 2 aliphatic rings. The van der Waals surface area contributed by atoms with Crippen LogP contribution in [0.5, 0.6) is 0 Å². The molecule has 0 aliphatic carbocycles. The molecule has 1 N–H and O–H groups in total. The van der Waals surface area contributed by atoms with Gasteiger partial charge in [0.15, 0.2) is 0 Å². The van der Waals surface area contributed by atoms with Gasteiger partial charge in [0, 0.05) is 19.1 Å². The van der Waals surface area contributed by atoms with Crippen molar-refractivity contribution in [2.24, 2.45) is 0 Å². The summed E-state index contributed by atoms with van der Waals surface area (Å²) < 4.78 is 5.72. The summed E-state index contributed by atoms with van der Waals surface area (Å²) in [5.74, 6) is 0.268. The summed E-state index contributed by atoms with van der Waals surface area (Å²) in [5, 5.41) is 3.40. The van der Waals surface area contributed by atoms with Crippen molar-refractivity contribution in [1.82, 2.24) is 15.1 Å². The van der Waals surface area contributed by atoms with Crippen LogP contribution in [-0.4, -0.2) is 73.2 Å². The number of amides is 1. The van der Waals surface area contributed by atoms with E-state index >= 15 is 0 Å². The number of piperidine rings is 1. The van der Waals surface area contributed by atoms with Gasteiger partial charge >= 0.3 is 0 Å². The summed E-state index contributed by atoms with van der Waals surface area (Å²) in [4.78, 5) is 17.0. The number of morpholine rings is 1. The number of nitrogens with one attached hydrogen (secondary N) is 1. The van der Waals surface area contributed by atoms with Crippen LogP contribution in [0.1, 0.15) is 40.0 Å². The molecule has 21 heavy (non-hydrogen) atoms. The summed E-state index contributed by atoms with van der Waals surface area (Å²) >= 11 is 0. The second kappa shape index (κ2) is 8.11. The first-order valence-electron chi connectivity index (χ1n) is 8.48. The molecule has 0 radical (unpaired) electrons. The van der Waals surface area contributed by atoms with Crippen molar-refractivity contribution in [3.05, 3.63) is 0 Å². The van der Waals surface area contributed by atoms with Crippen molar-refractivity contribution in [2.75, 3.05) is 39.3 Å². The fourth-order valence-electron chi connectivity index (χ4n) is 3.51. The molecule has 122 valence electrons. The average Bonchev–Trinajstić information content (AvgIpc) is 2.46. The fraction of sp³-hybridized carbons (Fsp3) is 0.938. The average molecular weight is 297 g/mol. The number of rotatable bonds is 5. The summed E-state index contributed by atoms with van der Waals surface area (Å²) in [7, 11) is 0. The minimum atomic E-state index is 0.149. The van der Waals surface area contributed by atoms with Crippen molar-refractivity contribution in [3.63, 3.8) is 0 Å². The lowest BCUT2D eigenvalue weighted by Gasteiger charge is -2.38. The predicted molar refractivity (Wildman–Crippen MR) is 84.3 cm³/mol. The van der Waals surface area contributed by atoms with Gasteiger partial charge in [0.05, 0.1) is 18.8 Å². The lowest BCUT2D eigenvalue weighted by atomic mass is 10.0. The number of carbonyl (C=O) groups is 1. The molecule has 0 spiro atoms. The molecule has 5 heteroatoms. The summed E-state index contributed by atoms with van der Waals surface area (Å²) in [6, 6.07) is 0.561. The van der Waals surface area contributed by atoms with Crippen LogP contribution in [-0.2, 0) is 9.53 Å². The first-order valence-corrected chi connectivity index (χ1v) is 8.48. The Bertz CT molecular complexity index is 321. The maximum Gasteiger partial charge on any atom is 0.236 e. The molecule has 1 amide bonds. The Morgan fingerprint density at radius 2 is 1.86 bits per heavy atom. The monoisotopic (exact) mass is 297 g/mol. The highest BCUT2D eigenvalue weighted by Crippen LogP contribution is 2.15. The molecule has 2 atom stereocenters. The van der Waals surface area contributed by atoms with Crippen LogP contribution in [0.15, 0.2) is 0 Å². The van der Waals surface area contributed by atoms with Gasteiger partial charge in [-0.2, -0.15) is 0 Å². The van der Waals surface area contributed by atoms with Gasteiger partial charge in [-0.3, -0.25) is 9.69 Å². The smallest absolute Gasteiger partial charge is 0.236 e. The van der Waals surface area contributed by atoms with Crippen molar-refractivity contribution in [1.29, 1.82) is 0 Å². The van der Waals surface area contributed by atoms with E-state index in [1.54, 1.807) is 0 Å². The van der Waals surface area contributed by atoms with Gasteiger partial charge in [0.2, 0.25) is 5.91 Å². The van der Waals surface area contributed by atoms with E-state index in [9.17, 15) is 4.79 Å². The zero-order chi connectivity index (χ0) is 15.2. The highest BCUT2D eigenvalue weighted by molar-refractivity contribution is 5.78. The van der Waals surface area contributed by atoms with Crippen LogP contribution in [0.25, 0.3) is 0 Å². The van der Waals surface area contributed by atoms with Gasteiger partial charge in [-0.05, 0) is 52.7 Å². The second-order valence-corrected chi connectivity index (χ2v) is 6.51. The minimum absolute atomic E-state index is 0.149. The van der Waals surface area contributed by atoms with E-state index in [2.05, 4.69) is 17.1 Å². The normalized spacial score (nSPS) is 28.1. The minimum Gasteiger partial charge on any atom is -0.372 e. The van der Waals surface area contributed by atoms with Crippen LogP contribution in [0.2, 0.25) is 0 Å². The number of nitrogens with zero attached hydrogens (tertiary/aromatic N) is 2. The third-order valence-corrected chi connectivity index (χ3v) is 4.45. The molecule has 0 aromatic carbocycles. The molecule has 2 rings (SSSR count). The largest absolute Gasteiger partial charge is 0.372 e. The zero-order valence-electron chi connectivity index (χ0n) is 13.8. The van der Waals surface area contributed by atoms with Gasteiger partial charge in [0.1, 0.15) is 0 Å². The number of ether oxygens (including phenoxy) is 1. The molecule has 0 saturated carbocycles. The van der Waals surface area contributed by atoms with Gasteiger partial charge < -0.3 is 15.0 Å². The molecule has 0 aromatic heterocycles. The Labute approximate surface area is 129 Å². The summed E-state index contributed by atoms with van der Waals surface area (Å²) in [6.45, 7) is 11.5. The number of hydrogen-bond acceptors (Lipinski definition) is 4. The maximum absolute atomic E-state index is 12.6. The molecular weight excluding hydrogens is 266 g/mol. The molecule has 2 fully saturated rings. The van der Waals surface area contributed by atoms with Crippen LogP contribution in [0.3, 0.4) is 0 Å². The van der Waals surface area contributed by atoms with Crippen molar-refractivity contribution < 1.29 is 9.53 Å². The Balaban J connectivity index is 1.90. The van der Waals surface area contributed by atoms with E-state index in [1.165, 1.54) is 0 Å². The molecular formula is C16H31N3O2. The lowest BCUT2D eigenvalue weighted by Crippen LogP contribution is -2.53.